The van der Waals surface area contributed by atoms with Crippen LogP contribution in [0.1, 0.15) is 55.7 Å². The Hall–Kier alpha value is -4.28. The number of thioether (sulfide) groups is 1. The Labute approximate surface area is 301 Å². The van der Waals surface area contributed by atoms with Crippen LogP contribution in [0.15, 0.2) is 113 Å². The zero-order valence-corrected chi connectivity index (χ0v) is 30.7. The molecule has 0 radical (unpaired) electrons. The van der Waals surface area contributed by atoms with Crippen LogP contribution in [-0.4, -0.2) is 56.6 Å². The Morgan fingerprint density at radius 1 is 0.880 bits per heavy atom. The summed E-state index contributed by atoms with van der Waals surface area (Å²) >= 11 is 1.51. The molecule has 1 fully saturated rings. The molecule has 0 heterocycles. The molecule has 0 saturated heterocycles. The summed E-state index contributed by atoms with van der Waals surface area (Å²) in [6.45, 7) is 3.70. The number of carbonyl (C=O) groups is 2. The number of ether oxygens (including phenoxy) is 1. The van der Waals surface area contributed by atoms with Gasteiger partial charge in [-0.05, 0) is 80.5 Å². The number of nitrogens with one attached hydrogen (secondary N) is 1. The predicted octanol–water partition coefficient (Wildman–Crippen LogP) is 7.40. The van der Waals surface area contributed by atoms with E-state index in [2.05, 4.69) is 5.32 Å². The van der Waals surface area contributed by atoms with Gasteiger partial charge in [-0.3, -0.25) is 13.9 Å². The van der Waals surface area contributed by atoms with Crippen molar-refractivity contribution in [2.24, 2.45) is 0 Å². The van der Waals surface area contributed by atoms with Gasteiger partial charge in [-0.2, -0.15) is 0 Å². The van der Waals surface area contributed by atoms with Crippen LogP contribution in [0.4, 0.5) is 5.69 Å². The van der Waals surface area contributed by atoms with Crippen LogP contribution in [0.5, 0.6) is 5.75 Å². The van der Waals surface area contributed by atoms with Gasteiger partial charge in [0.25, 0.3) is 10.0 Å². The average molecular weight is 714 g/mol. The molecule has 10 heteroatoms. The van der Waals surface area contributed by atoms with Crippen molar-refractivity contribution >= 4 is 39.3 Å². The number of benzene rings is 4. The molecule has 0 aliphatic heterocycles. The number of aryl methyl sites for hydroxylation is 1. The molecule has 264 valence electrons. The van der Waals surface area contributed by atoms with Gasteiger partial charge in [0, 0.05) is 23.9 Å². The summed E-state index contributed by atoms with van der Waals surface area (Å²) in [6.07, 6.45) is 7.22. The molecule has 8 nitrogen and oxygen atoms in total. The highest BCUT2D eigenvalue weighted by molar-refractivity contribution is 7.98. The molecule has 1 unspecified atom stereocenters. The summed E-state index contributed by atoms with van der Waals surface area (Å²) in [5.41, 5.74) is 3.01. The SMILES string of the molecule is CCOc1ccccc1N(CC(=O)N(Cc1cccc(C)c1)C(Cc1ccccc1)C(=O)NC1CCCCC1)S(=O)(=O)c1ccc(SC)cc1. The van der Waals surface area contributed by atoms with E-state index in [4.69, 9.17) is 4.74 Å². The first-order valence-electron chi connectivity index (χ1n) is 17.3. The highest BCUT2D eigenvalue weighted by Crippen LogP contribution is 2.33. The molecule has 1 aliphatic rings. The fraction of sp³-hybridized carbons (Fsp3) is 0.350. The van der Waals surface area contributed by atoms with E-state index in [-0.39, 0.29) is 35.5 Å². The molecule has 50 heavy (non-hydrogen) atoms. The van der Waals surface area contributed by atoms with Crippen LogP contribution in [0.3, 0.4) is 0 Å². The highest BCUT2D eigenvalue weighted by Gasteiger charge is 2.36. The topological polar surface area (TPSA) is 96.0 Å². The third-order valence-corrected chi connectivity index (χ3v) is 11.5. The minimum absolute atomic E-state index is 0.0321. The maximum atomic E-state index is 14.9. The molecule has 1 aliphatic carbocycles. The Kier molecular flexibility index (Phi) is 13.0. The Bertz CT molecular complexity index is 1830. The second-order valence-electron chi connectivity index (χ2n) is 12.6. The molecule has 4 aromatic rings. The van der Waals surface area contributed by atoms with Gasteiger partial charge in [-0.1, -0.05) is 91.6 Å². The van der Waals surface area contributed by atoms with E-state index in [1.807, 2.05) is 74.7 Å². The summed E-state index contributed by atoms with van der Waals surface area (Å²) in [5.74, 6) is -0.395. The monoisotopic (exact) mass is 713 g/mol. The second-order valence-corrected chi connectivity index (χ2v) is 15.4. The molecule has 0 bridgehead atoms. The van der Waals surface area contributed by atoms with E-state index in [9.17, 15) is 18.0 Å². The molecular formula is C40H47N3O5S2. The first-order valence-corrected chi connectivity index (χ1v) is 19.9. The maximum Gasteiger partial charge on any atom is 0.264 e. The second kappa shape index (κ2) is 17.6. The van der Waals surface area contributed by atoms with Crippen molar-refractivity contribution in [3.63, 3.8) is 0 Å². The first-order chi connectivity index (χ1) is 24.2. The zero-order valence-electron chi connectivity index (χ0n) is 29.1. The lowest BCUT2D eigenvalue weighted by atomic mass is 9.94. The van der Waals surface area contributed by atoms with Crippen molar-refractivity contribution in [1.82, 2.24) is 10.2 Å². The summed E-state index contributed by atoms with van der Waals surface area (Å²) < 4.78 is 36.1. The molecule has 4 aromatic carbocycles. The van der Waals surface area contributed by atoms with Crippen molar-refractivity contribution in [2.75, 3.05) is 23.7 Å². The Morgan fingerprint density at radius 3 is 2.24 bits per heavy atom. The minimum Gasteiger partial charge on any atom is -0.492 e. The summed E-state index contributed by atoms with van der Waals surface area (Å²) in [5, 5.41) is 3.26. The van der Waals surface area contributed by atoms with Gasteiger partial charge in [0.15, 0.2) is 0 Å². The normalized spacial score (nSPS) is 14.1. The fourth-order valence-electron chi connectivity index (χ4n) is 6.43. The van der Waals surface area contributed by atoms with E-state index < -0.39 is 28.5 Å². The van der Waals surface area contributed by atoms with Crippen molar-refractivity contribution < 1.29 is 22.7 Å². The van der Waals surface area contributed by atoms with E-state index >= 15 is 0 Å². The average Bonchev–Trinajstić information content (AvgIpc) is 3.13. The van der Waals surface area contributed by atoms with E-state index in [1.165, 1.54) is 11.8 Å². The zero-order chi connectivity index (χ0) is 35.5. The minimum atomic E-state index is -4.26. The van der Waals surface area contributed by atoms with E-state index in [1.54, 1.807) is 53.4 Å². The maximum absolute atomic E-state index is 14.9. The van der Waals surface area contributed by atoms with Crippen LogP contribution in [0.2, 0.25) is 0 Å². The first kappa shape index (κ1) is 37.0. The summed E-state index contributed by atoms with van der Waals surface area (Å²) in [6, 6.07) is 30.1. The Morgan fingerprint density at radius 2 is 1.56 bits per heavy atom. The third kappa shape index (κ3) is 9.48. The van der Waals surface area contributed by atoms with E-state index in [0.717, 1.165) is 58.0 Å². The van der Waals surface area contributed by atoms with Crippen molar-refractivity contribution in [3.8, 4) is 5.75 Å². The molecule has 1 atom stereocenters. The molecular weight excluding hydrogens is 667 g/mol. The third-order valence-electron chi connectivity index (χ3n) is 9.02. The fourth-order valence-corrected chi connectivity index (χ4v) is 8.27. The van der Waals surface area contributed by atoms with Gasteiger partial charge in [0.05, 0.1) is 17.2 Å². The lowest BCUT2D eigenvalue weighted by Crippen LogP contribution is -2.55. The quantitative estimate of drug-likeness (QED) is 0.129. The number of amides is 2. The van der Waals surface area contributed by atoms with Crippen LogP contribution in [0.25, 0.3) is 0 Å². The number of nitrogens with zero attached hydrogens (tertiary/aromatic N) is 2. The number of hydrogen-bond acceptors (Lipinski definition) is 6. The van der Waals surface area contributed by atoms with Gasteiger partial charge in [0.1, 0.15) is 18.3 Å². The van der Waals surface area contributed by atoms with Gasteiger partial charge >= 0.3 is 0 Å². The number of para-hydroxylation sites is 2. The molecule has 1 N–H and O–H groups in total. The van der Waals surface area contributed by atoms with Gasteiger partial charge < -0.3 is 15.0 Å². The summed E-state index contributed by atoms with van der Waals surface area (Å²) in [7, 11) is -4.26. The van der Waals surface area contributed by atoms with Crippen LogP contribution < -0.4 is 14.4 Å². The number of sulfonamides is 1. The molecule has 0 aromatic heterocycles. The van der Waals surface area contributed by atoms with Crippen molar-refractivity contribution in [1.29, 1.82) is 0 Å². The number of rotatable bonds is 15. The van der Waals surface area contributed by atoms with Crippen molar-refractivity contribution in [2.45, 2.75) is 80.8 Å². The number of anilines is 1. The highest BCUT2D eigenvalue weighted by atomic mass is 32.2. The van der Waals surface area contributed by atoms with Crippen LogP contribution in [-0.2, 0) is 32.6 Å². The predicted molar refractivity (Wildman–Crippen MR) is 201 cm³/mol. The van der Waals surface area contributed by atoms with Gasteiger partial charge in [-0.25, -0.2) is 8.42 Å². The molecule has 2 amide bonds. The molecule has 0 spiro atoms. The lowest BCUT2D eigenvalue weighted by molar-refractivity contribution is -0.140. The lowest BCUT2D eigenvalue weighted by Gasteiger charge is -2.35. The number of hydrogen-bond donors (Lipinski definition) is 1. The summed E-state index contributed by atoms with van der Waals surface area (Å²) in [4.78, 5) is 31.7. The van der Waals surface area contributed by atoms with Crippen LogP contribution in [0, 0.1) is 6.92 Å². The van der Waals surface area contributed by atoms with Crippen molar-refractivity contribution in [3.05, 3.63) is 120 Å². The molecule has 1 saturated carbocycles. The standard InChI is InChI=1S/C40H47N3O5S2/c1-4-48-38-21-12-11-20-36(38)43(50(46,47)35-24-22-34(49-3)23-25-35)29-39(44)42(28-32-17-13-14-30(2)26-32)37(27-31-15-7-5-8-16-31)40(45)41-33-18-9-6-10-19-33/h5,7-8,11-17,20-26,33,37H,4,6,9-10,18-19,27-29H2,1-3H3,(H,41,45). The van der Waals surface area contributed by atoms with Gasteiger partial charge in [-0.15, -0.1) is 11.8 Å². The smallest absolute Gasteiger partial charge is 0.264 e. The Balaban J connectivity index is 1.59. The molecule has 5 rings (SSSR count). The number of carbonyl (C=O) groups excluding carboxylic acids is 2. The van der Waals surface area contributed by atoms with E-state index in [0.29, 0.717) is 12.4 Å². The largest absolute Gasteiger partial charge is 0.492 e. The van der Waals surface area contributed by atoms with Gasteiger partial charge in [0.2, 0.25) is 11.8 Å². The van der Waals surface area contributed by atoms with Crippen LogP contribution >= 0.6 is 11.8 Å².